The first-order valence-corrected chi connectivity index (χ1v) is 6.89. The topological polar surface area (TPSA) is 25.6 Å². The molecule has 0 radical (unpaired) electrons. The van der Waals surface area contributed by atoms with E-state index >= 15 is 0 Å². The molecule has 1 N–H and O–H groups in total. The van der Waals surface area contributed by atoms with E-state index in [1.54, 1.807) is 0 Å². The molecule has 1 heterocycles. The zero-order valence-electron chi connectivity index (χ0n) is 10.9. The molecular weight excluding hydrogens is 212 g/mol. The van der Waals surface area contributed by atoms with Gasteiger partial charge in [-0.3, -0.25) is 0 Å². The number of ether oxygens (including phenoxy) is 1. The molecule has 96 valence electrons. The van der Waals surface area contributed by atoms with E-state index in [0.29, 0.717) is 18.6 Å². The summed E-state index contributed by atoms with van der Waals surface area (Å²) in [5.74, 6) is 0. The summed E-state index contributed by atoms with van der Waals surface area (Å²) in [5, 5.41) is 3.78. The van der Waals surface area contributed by atoms with E-state index < -0.39 is 0 Å². The molecule has 2 aliphatic rings. The van der Waals surface area contributed by atoms with Crippen molar-refractivity contribution in [3.63, 3.8) is 0 Å². The smallest absolute Gasteiger partial charge is 0.219 e. The Labute approximate surface area is 105 Å². The van der Waals surface area contributed by atoms with Gasteiger partial charge < -0.3 is 14.9 Å². The Hall–Kier alpha value is -0.590. The Morgan fingerprint density at radius 1 is 1.18 bits per heavy atom. The minimum absolute atomic E-state index is 0.287. The van der Waals surface area contributed by atoms with Crippen LogP contribution in [-0.4, -0.2) is 31.8 Å². The molecule has 0 aromatic carbocycles. The first-order valence-electron chi connectivity index (χ1n) is 6.89. The third-order valence-corrected chi connectivity index (χ3v) is 4.35. The highest BCUT2D eigenvalue weighted by Crippen LogP contribution is 2.36. The molecule has 0 bridgehead atoms. The summed E-state index contributed by atoms with van der Waals surface area (Å²) in [6.07, 6.45) is 7.21. The van der Waals surface area contributed by atoms with E-state index in [0.717, 1.165) is 26.1 Å². The predicted octanol–water partition coefficient (Wildman–Crippen LogP) is 2.62. The molecule has 3 heteroatoms. The molecule has 17 heavy (non-hydrogen) atoms. The molecule has 0 spiro atoms. The van der Waals surface area contributed by atoms with Crippen molar-refractivity contribution < 1.29 is 4.74 Å². The van der Waals surface area contributed by atoms with Gasteiger partial charge in [0.05, 0.1) is 0 Å². The van der Waals surface area contributed by atoms with Crippen molar-refractivity contribution in [1.29, 1.82) is 0 Å². The van der Waals surface area contributed by atoms with Crippen LogP contribution in [0.5, 0.6) is 0 Å². The third kappa shape index (κ3) is 3.69. The molecule has 0 unspecified atom stereocenters. The average molecular weight is 236 g/mol. The van der Waals surface area contributed by atoms with E-state index in [-0.39, 0.29) is 5.41 Å². The summed E-state index contributed by atoms with van der Waals surface area (Å²) in [6.45, 7) is 11.8. The Kier molecular flexibility index (Phi) is 4.42. The lowest BCUT2D eigenvalue weighted by Crippen LogP contribution is -2.44. The van der Waals surface area contributed by atoms with Crippen molar-refractivity contribution in [3.8, 4) is 0 Å². The fraction of sp³-hybridized carbons (Fsp3) is 0.929. The van der Waals surface area contributed by atoms with Gasteiger partial charge in [-0.2, -0.15) is 0 Å². The van der Waals surface area contributed by atoms with Crippen LogP contribution in [0.15, 0.2) is 0 Å². The Bertz CT molecular complexity index is 270. The molecule has 0 aromatic rings. The maximum atomic E-state index is 7.02. The SMILES string of the molecule is [C-]#[N+]CC1(C)CCC(NC2CCOCC2)CC1. The van der Waals surface area contributed by atoms with Gasteiger partial charge in [0.25, 0.3) is 0 Å². The highest BCUT2D eigenvalue weighted by atomic mass is 16.5. The van der Waals surface area contributed by atoms with Crippen LogP contribution in [0, 0.1) is 12.0 Å². The van der Waals surface area contributed by atoms with Crippen LogP contribution in [0.4, 0.5) is 0 Å². The summed E-state index contributed by atoms with van der Waals surface area (Å²) in [6, 6.07) is 1.34. The second-order valence-electron chi connectivity index (χ2n) is 5.95. The minimum Gasteiger partial charge on any atom is -0.381 e. The van der Waals surface area contributed by atoms with E-state index in [1.165, 1.54) is 25.7 Å². The van der Waals surface area contributed by atoms with Gasteiger partial charge in [0, 0.05) is 30.7 Å². The molecule has 2 fully saturated rings. The molecule has 1 aliphatic carbocycles. The highest BCUT2D eigenvalue weighted by Gasteiger charge is 2.34. The maximum absolute atomic E-state index is 7.02. The Morgan fingerprint density at radius 3 is 2.35 bits per heavy atom. The standard InChI is InChI=1S/C14H24N2O/c1-14(11-15-2)7-3-12(4-8-14)16-13-5-9-17-10-6-13/h12-13,16H,3-11H2,1H3. The minimum atomic E-state index is 0.287. The van der Waals surface area contributed by atoms with Gasteiger partial charge in [-0.1, -0.05) is 6.92 Å². The Morgan fingerprint density at radius 2 is 1.76 bits per heavy atom. The van der Waals surface area contributed by atoms with Crippen molar-refractivity contribution >= 4 is 0 Å². The summed E-state index contributed by atoms with van der Waals surface area (Å²) >= 11 is 0. The lowest BCUT2D eigenvalue weighted by atomic mass is 9.74. The van der Waals surface area contributed by atoms with Crippen LogP contribution in [0.1, 0.15) is 45.4 Å². The van der Waals surface area contributed by atoms with Crippen LogP contribution >= 0.6 is 0 Å². The molecule has 1 saturated heterocycles. The van der Waals surface area contributed by atoms with E-state index in [4.69, 9.17) is 11.3 Å². The summed E-state index contributed by atoms with van der Waals surface area (Å²) < 4.78 is 5.38. The molecule has 0 amide bonds. The maximum Gasteiger partial charge on any atom is 0.219 e. The van der Waals surface area contributed by atoms with Crippen molar-refractivity contribution in [1.82, 2.24) is 5.32 Å². The quantitative estimate of drug-likeness (QED) is 0.762. The van der Waals surface area contributed by atoms with Crippen LogP contribution in [-0.2, 0) is 4.74 Å². The Balaban J connectivity index is 1.73. The monoisotopic (exact) mass is 236 g/mol. The van der Waals surface area contributed by atoms with Crippen molar-refractivity contribution in [2.75, 3.05) is 19.8 Å². The number of nitrogens with zero attached hydrogens (tertiary/aromatic N) is 1. The lowest BCUT2D eigenvalue weighted by Gasteiger charge is -2.36. The fourth-order valence-electron chi connectivity index (χ4n) is 3.03. The van der Waals surface area contributed by atoms with Gasteiger partial charge in [0.15, 0.2) is 0 Å². The van der Waals surface area contributed by atoms with Gasteiger partial charge in [-0.15, -0.1) is 0 Å². The summed E-state index contributed by atoms with van der Waals surface area (Å²) in [5.41, 5.74) is 0.287. The van der Waals surface area contributed by atoms with E-state index in [2.05, 4.69) is 17.1 Å². The van der Waals surface area contributed by atoms with Crippen LogP contribution < -0.4 is 5.32 Å². The van der Waals surface area contributed by atoms with Crippen LogP contribution in [0.2, 0.25) is 0 Å². The summed E-state index contributed by atoms with van der Waals surface area (Å²) in [4.78, 5) is 3.58. The molecule has 1 saturated carbocycles. The molecule has 0 atom stereocenters. The number of nitrogens with one attached hydrogen (secondary N) is 1. The molecule has 0 aromatic heterocycles. The van der Waals surface area contributed by atoms with Crippen molar-refractivity contribution in [3.05, 3.63) is 11.4 Å². The first-order chi connectivity index (χ1) is 8.22. The van der Waals surface area contributed by atoms with E-state index in [9.17, 15) is 0 Å². The second-order valence-corrected chi connectivity index (χ2v) is 5.95. The fourth-order valence-corrected chi connectivity index (χ4v) is 3.03. The van der Waals surface area contributed by atoms with Crippen molar-refractivity contribution in [2.45, 2.75) is 57.5 Å². The zero-order chi connectivity index (χ0) is 12.1. The number of hydrogen-bond donors (Lipinski definition) is 1. The molecule has 2 rings (SSSR count). The lowest BCUT2D eigenvalue weighted by molar-refractivity contribution is 0.0702. The van der Waals surface area contributed by atoms with Crippen molar-refractivity contribution in [2.24, 2.45) is 5.41 Å². The normalized spacial score (nSPS) is 35.4. The molecular formula is C14H24N2O. The van der Waals surface area contributed by atoms with Gasteiger partial charge >= 0.3 is 0 Å². The zero-order valence-corrected chi connectivity index (χ0v) is 10.9. The number of rotatable bonds is 3. The number of hydrogen-bond acceptors (Lipinski definition) is 2. The van der Waals surface area contributed by atoms with Crippen LogP contribution in [0.3, 0.4) is 0 Å². The first kappa shape index (κ1) is 12.9. The summed E-state index contributed by atoms with van der Waals surface area (Å²) in [7, 11) is 0. The van der Waals surface area contributed by atoms with Gasteiger partial charge in [-0.05, 0) is 38.5 Å². The second kappa shape index (κ2) is 5.84. The largest absolute Gasteiger partial charge is 0.381 e. The van der Waals surface area contributed by atoms with Gasteiger partial charge in [0.1, 0.15) is 0 Å². The molecule has 3 nitrogen and oxygen atoms in total. The highest BCUT2D eigenvalue weighted by molar-refractivity contribution is 4.90. The van der Waals surface area contributed by atoms with Gasteiger partial charge in [-0.25, -0.2) is 6.57 Å². The molecule has 1 aliphatic heterocycles. The third-order valence-electron chi connectivity index (χ3n) is 4.35. The average Bonchev–Trinajstić information content (AvgIpc) is 2.34. The predicted molar refractivity (Wildman–Crippen MR) is 68.8 cm³/mol. The van der Waals surface area contributed by atoms with Gasteiger partial charge in [0.2, 0.25) is 6.54 Å². The van der Waals surface area contributed by atoms with Crippen LogP contribution in [0.25, 0.3) is 4.85 Å². The van der Waals surface area contributed by atoms with E-state index in [1.807, 2.05) is 0 Å².